The normalized spacial score (nSPS) is 27.2. The zero-order valence-corrected chi connectivity index (χ0v) is 17.0. The van der Waals surface area contributed by atoms with Crippen molar-refractivity contribution in [2.24, 2.45) is 17.3 Å². The first kappa shape index (κ1) is 18.8. The van der Waals surface area contributed by atoms with Gasteiger partial charge in [0.1, 0.15) is 0 Å². The van der Waals surface area contributed by atoms with Crippen molar-refractivity contribution in [3.05, 3.63) is 62.7 Å². The van der Waals surface area contributed by atoms with Crippen LogP contribution in [0.2, 0.25) is 0 Å². The van der Waals surface area contributed by atoms with E-state index in [9.17, 15) is 19.7 Å². The van der Waals surface area contributed by atoms with Gasteiger partial charge in [0.25, 0.3) is 5.70 Å². The number of hydrogen-bond acceptors (Lipinski definition) is 6. The molecule has 4 aliphatic rings. The van der Waals surface area contributed by atoms with E-state index in [1.807, 2.05) is 43.0 Å². The molecule has 2 atom stereocenters. The van der Waals surface area contributed by atoms with E-state index in [4.69, 9.17) is 0 Å². The molecule has 1 aromatic carbocycles. The van der Waals surface area contributed by atoms with Gasteiger partial charge in [0, 0.05) is 36.5 Å². The van der Waals surface area contributed by atoms with Gasteiger partial charge in [0.2, 0.25) is 5.91 Å². The number of hydrogen-bond donors (Lipinski definition) is 2. The molecule has 0 aromatic heterocycles. The first-order valence-corrected chi connectivity index (χ1v) is 10.3. The maximum absolute atomic E-state index is 13.3. The molecule has 5 rings (SSSR count). The van der Waals surface area contributed by atoms with E-state index in [1.165, 1.54) is 0 Å². The van der Waals surface area contributed by atoms with Gasteiger partial charge < -0.3 is 15.5 Å². The first-order chi connectivity index (χ1) is 14.3. The highest BCUT2D eigenvalue weighted by Crippen LogP contribution is 2.50. The Labute approximate surface area is 174 Å². The molecule has 3 aliphatic heterocycles. The summed E-state index contributed by atoms with van der Waals surface area (Å²) in [5, 5.41) is 18.3. The van der Waals surface area contributed by atoms with Crippen molar-refractivity contribution >= 4 is 17.4 Å². The average molecular weight is 408 g/mol. The highest BCUT2D eigenvalue weighted by atomic mass is 16.6. The predicted molar refractivity (Wildman–Crippen MR) is 110 cm³/mol. The summed E-state index contributed by atoms with van der Waals surface area (Å²) < 4.78 is 0. The molecule has 3 heterocycles. The van der Waals surface area contributed by atoms with Crippen LogP contribution in [0.15, 0.2) is 47.1 Å². The van der Waals surface area contributed by atoms with Crippen LogP contribution in [0.1, 0.15) is 32.3 Å². The maximum Gasteiger partial charge on any atom is 0.294 e. The van der Waals surface area contributed by atoms with Crippen LogP contribution in [0.5, 0.6) is 0 Å². The molecule has 2 unspecified atom stereocenters. The number of carbonyl (C=O) groups is 2. The van der Waals surface area contributed by atoms with E-state index in [2.05, 4.69) is 10.6 Å². The molecule has 0 bridgehead atoms. The van der Waals surface area contributed by atoms with Gasteiger partial charge in [0.15, 0.2) is 11.6 Å². The second kappa shape index (κ2) is 6.42. The second-order valence-corrected chi connectivity index (χ2v) is 9.31. The van der Waals surface area contributed by atoms with Gasteiger partial charge in [0.05, 0.1) is 16.8 Å². The highest BCUT2D eigenvalue weighted by molar-refractivity contribution is 6.02. The number of nitro groups is 1. The number of carbonyl (C=O) groups excluding carboxylic acids is 2. The monoisotopic (exact) mass is 408 g/mol. The molecule has 30 heavy (non-hydrogen) atoms. The number of nitrogens with one attached hydrogen (secondary N) is 2. The molecule has 0 spiro atoms. The van der Waals surface area contributed by atoms with Gasteiger partial charge in [-0.2, -0.15) is 0 Å². The fourth-order valence-corrected chi connectivity index (χ4v) is 5.41. The van der Waals surface area contributed by atoms with Gasteiger partial charge in [-0.15, -0.1) is 0 Å². The van der Waals surface area contributed by atoms with Crippen LogP contribution in [0.4, 0.5) is 5.69 Å². The Morgan fingerprint density at radius 1 is 1.20 bits per heavy atom. The Bertz CT molecular complexity index is 1050. The number of para-hydroxylation sites is 1. The topological polar surface area (TPSA) is 105 Å². The molecule has 1 aliphatic carbocycles. The summed E-state index contributed by atoms with van der Waals surface area (Å²) in [5.74, 6) is -1.46. The van der Waals surface area contributed by atoms with Crippen molar-refractivity contribution in [1.29, 1.82) is 0 Å². The largest absolute Gasteiger partial charge is 0.364 e. The van der Waals surface area contributed by atoms with E-state index in [0.717, 1.165) is 16.9 Å². The van der Waals surface area contributed by atoms with Gasteiger partial charge >= 0.3 is 0 Å². The maximum atomic E-state index is 13.3. The molecule has 1 aromatic rings. The van der Waals surface area contributed by atoms with Gasteiger partial charge in [-0.3, -0.25) is 19.7 Å². The molecule has 1 amide bonds. The number of nitrogens with zero attached hydrogens (tertiary/aromatic N) is 2. The van der Waals surface area contributed by atoms with E-state index >= 15 is 0 Å². The van der Waals surface area contributed by atoms with Crippen molar-refractivity contribution < 1.29 is 14.5 Å². The molecular formula is C22H24N4O4. The van der Waals surface area contributed by atoms with Gasteiger partial charge in [-0.05, 0) is 29.9 Å². The van der Waals surface area contributed by atoms with Crippen LogP contribution in [0.3, 0.4) is 0 Å². The minimum Gasteiger partial charge on any atom is -0.364 e. The standard InChI is InChI=1S/C22H24N4O4/c1-22(2)10-15-18(16(27)11-22)17(19(26(29)30)20-23-7-8-25(15)20)13-9-12-5-3-4-6-14(12)24-21(13)28/h3-6,13,17,23H,7-11H2,1-2H3,(H,24,28). The first-order valence-electron chi connectivity index (χ1n) is 10.3. The number of amides is 1. The molecule has 1 fully saturated rings. The minimum atomic E-state index is -0.858. The predicted octanol–water partition coefficient (Wildman–Crippen LogP) is 2.42. The Morgan fingerprint density at radius 3 is 2.73 bits per heavy atom. The molecule has 8 nitrogen and oxygen atoms in total. The van der Waals surface area contributed by atoms with Crippen LogP contribution >= 0.6 is 0 Å². The van der Waals surface area contributed by atoms with Crippen LogP contribution in [0.25, 0.3) is 0 Å². The third kappa shape index (κ3) is 2.74. The van der Waals surface area contributed by atoms with Crippen molar-refractivity contribution in [3.63, 3.8) is 0 Å². The summed E-state index contributed by atoms with van der Waals surface area (Å²) in [7, 11) is 0. The van der Waals surface area contributed by atoms with Crippen molar-refractivity contribution in [2.75, 3.05) is 18.4 Å². The molecule has 2 N–H and O–H groups in total. The molecule has 0 radical (unpaired) electrons. The summed E-state index contributed by atoms with van der Waals surface area (Å²) >= 11 is 0. The molecule has 156 valence electrons. The van der Waals surface area contributed by atoms with Crippen molar-refractivity contribution in [1.82, 2.24) is 10.2 Å². The summed E-state index contributed by atoms with van der Waals surface area (Å²) in [6, 6.07) is 7.49. The zero-order valence-electron chi connectivity index (χ0n) is 17.0. The van der Waals surface area contributed by atoms with E-state index in [-0.39, 0.29) is 22.8 Å². The van der Waals surface area contributed by atoms with E-state index < -0.39 is 16.8 Å². The molecule has 8 heteroatoms. The number of ketones is 1. The minimum absolute atomic E-state index is 0.0566. The quantitative estimate of drug-likeness (QED) is 0.575. The Hall–Kier alpha value is -3.16. The molecule has 0 saturated carbocycles. The summed E-state index contributed by atoms with van der Waals surface area (Å²) in [5.41, 5.74) is 2.70. The summed E-state index contributed by atoms with van der Waals surface area (Å²) in [6.45, 7) is 5.25. The third-order valence-electron chi connectivity index (χ3n) is 6.62. The van der Waals surface area contributed by atoms with Crippen LogP contribution < -0.4 is 10.6 Å². The molecule has 1 saturated heterocycles. The number of Topliss-reactive ketones (excluding diaryl/α,β-unsaturated/α-hetero) is 1. The van der Waals surface area contributed by atoms with Crippen LogP contribution in [-0.2, 0) is 16.0 Å². The van der Waals surface area contributed by atoms with Gasteiger partial charge in [-0.1, -0.05) is 32.0 Å². The lowest BCUT2D eigenvalue weighted by molar-refractivity contribution is -0.436. The SMILES string of the molecule is CC1(C)CC(=O)C2=C(C1)N1CCNC1=C([N+](=O)[O-])C2C1Cc2ccccc2NC1=O. The zero-order chi connectivity index (χ0) is 21.2. The number of anilines is 1. The van der Waals surface area contributed by atoms with Crippen LogP contribution in [-0.4, -0.2) is 34.6 Å². The Kier molecular flexibility index (Phi) is 4.03. The molecular weight excluding hydrogens is 384 g/mol. The van der Waals surface area contributed by atoms with E-state index in [0.29, 0.717) is 43.7 Å². The number of fused-ring (bicyclic) bond motifs is 3. The number of benzene rings is 1. The Balaban J connectivity index is 1.69. The van der Waals surface area contributed by atoms with Crippen molar-refractivity contribution in [2.45, 2.75) is 33.1 Å². The van der Waals surface area contributed by atoms with Gasteiger partial charge in [-0.25, -0.2) is 0 Å². The third-order valence-corrected chi connectivity index (χ3v) is 6.62. The average Bonchev–Trinajstić information content (AvgIpc) is 3.15. The number of rotatable bonds is 2. The lowest BCUT2D eigenvalue weighted by Crippen LogP contribution is -2.47. The smallest absolute Gasteiger partial charge is 0.294 e. The van der Waals surface area contributed by atoms with Crippen molar-refractivity contribution in [3.8, 4) is 0 Å². The summed E-state index contributed by atoms with van der Waals surface area (Å²) in [6.07, 6.45) is 1.35. The number of allylic oxidation sites excluding steroid dienone is 2. The second-order valence-electron chi connectivity index (χ2n) is 9.31. The highest BCUT2D eigenvalue weighted by Gasteiger charge is 2.54. The fourth-order valence-electron chi connectivity index (χ4n) is 5.41. The fraction of sp³-hybridized carbons (Fsp3) is 0.455. The van der Waals surface area contributed by atoms with Crippen LogP contribution in [0, 0.1) is 27.4 Å². The summed E-state index contributed by atoms with van der Waals surface area (Å²) in [4.78, 5) is 40.1. The lowest BCUT2D eigenvalue weighted by atomic mass is 9.67. The lowest BCUT2D eigenvalue weighted by Gasteiger charge is -2.42. The Morgan fingerprint density at radius 2 is 1.97 bits per heavy atom. The van der Waals surface area contributed by atoms with E-state index in [1.54, 1.807) is 0 Å².